The second kappa shape index (κ2) is 7.86. The molecule has 0 aromatic heterocycles. The van der Waals surface area contributed by atoms with Gasteiger partial charge < -0.3 is 5.32 Å². The zero-order valence-electron chi connectivity index (χ0n) is 12.3. The fourth-order valence-corrected chi connectivity index (χ4v) is 2.16. The van der Waals surface area contributed by atoms with Gasteiger partial charge in [-0.2, -0.15) is 0 Å². The maximum absolute atomic E-state index is 13.4. The second-order valence-electron chi connectivity index (χ2n) is 5.96. The van der Waals surface area contributed by atoms with Crippen molar-refractivity contribution in [3.05, 3.63) is 34.6 Å². The van der Waals surface area contributed by atoms with Crippen molar-refractivity contribution in [1.29, 1.82) is 0 Å². The summed E-state index contributed by atoms with van der Waals surface area (Å²) in [4.78, 5) is 0. The first-order valence-electron chi connectivity index (χ1n) is 7.04. The molecule has 0 spiro atoms. The molecule has 1 aromatic carbocycles. The van der Waals surface area contributed by atoms with Crippen LogP contribution in [0.2, 0.25) is 5.02 Å². The van der Waals surface area contributed by atoms with Crippen molar-refractivity contribution in [3.63, 3.8) is 0 Å². The van der Waals surface area contributed by atoms with Crippen LogP contribution in [0.15, 0.2) is 18.2 Å². The van der Waals surface area contributed by atoms with Gasteiger partial charge in [0, 0.05) is 0 Å². The highest BCUT2D eigenvalue weighted by atomic mass is 35.5. The van der Waals surface area contributed by atoms with Gasteiger partial charge in [-0.1, -0.05) is 45.4 Å². The van der Waals surface area contributed by atoms with E-state index in [4.69, 9.17) is 11.6 Å². The molecule has 3 heteroatoms. The van der Waals surface area contributed by atoms with Gasteiger partial charge in [0.2, 0.25) is 0 Å². The predicted octanol–water partition coefficient (Wildman–Crippen LogP) is 4.54. The molecule has 0 heterocycles. The molecule has 1 nitrogen and oxygen atoms in total. The number of halogens is 2. The van der Waals surface area contributed by atoms with Gasteiger partial charge in [0.05, 0.1) is 5.02 Å². The summed E-state index contributed by atoms with van der Waals surface area (Å²) in [6.07, 6.45) is 0.888. The quantitative estimate of drug-likeness (QED) is 0.775. The molecule has 1 N–H and O–H groups in total. The van der Waals surface area contributed by atoms with Crippen molar-refractivity contribution in [2.75, 3.05) is 13.1 Å². The predicted molar refractivity (Wildman–Crippen MR) is 81.1 cm³/mol. The van der Waals surface area contributed by atoms with Gasteiger partial charge in [-0.05, 0) is 55.0 Å². The summed E-state index contributed by atoms with van der Waals surface area (Å²) >= 11 is 5.69. The second-order valence-corrected chi connectivity index (χ2v) is 6.37. The fourth-order valence-electron chi connectivity index (χ4n) is 2.04. The zero-order chi connectivity index (χ0) is 14.4. The van der Waals surface area contributed by atoms with Crippen LogP contribution >= 0.6 is 11.6 Å². The van der Waals surface area contributed by atoms with Crippen LogP contribution < -0.4 is 5.32 Å². The van der Waals surface area contributed by atoms with E-state index in [9.17, 15) is 4.39 Å². The zero-order valence-corrected chi connectivity index (χ0v) is 13.1. The Kier molecular flexibility index (Phi) is 6.81. The molecule has 0 aliphatic carbocycles. The van der Waals surface area contributed by atoms with Gasteiger partial charge in [-0.25, -0.2) is 4.39 Å². The summed E-state index contributed by atoms with van der Waals surface area (Å²) in [5.41, 5.74) is 1.02. The Balaban J connectivity index is 2.44. The SMILES string of the molecule is CC(C)CNCC(C)C(C)Cc1ccc(Cl)c(F)c1. The van der Waals surface area contributed by atoms with Crippen LogP contribution in [0, 0.1) is 23.6 Å². The van der Waals surface area contributed by atoms with E-state index in [1.807, 2.05) is 6.07 Å². The van der Waals surface area contributed by atoms with Crippen molar-refractivity contribution in [1.82, 2.24) is 5.32 Å². The number of hydrogen-bond acceptors (Lipinski definition) is 1. The van der Waals surface area contributed by atoms with Gasteiger partial charge in [-0.15, -0.1) is 0 Å². The van der Waals surface area contributed by atoms with Crippen LogP contribution in [-0.2, 0) is 6.42 Å². The van der Waals surface area contributed by atoms with Crippen molar-refractivity contribution in [2.45, 2.75) is 34.1 Å². The molecule has 0 saturated heterocycles. The minimum absolute atomic E-state index is 0.197. The Morgan fingerprint density at radius 2 is 1.79 bits per heavy atom. The lowest BCUT2D eigenvalue weighted by Gasteiger charge is -2.21. The monoisotopic (exact) mass is 285 g/mol. The van der Waals surface area contributed by atoms with Crippen LogP contribution in [0.4, 0.5) is 4.39 Å². The first kappa shape index (κ1) is 16.5. The van der Waals surface area contributed by atoms with E-state index in [-0.39, 0.29) is 10.8 Å². The molecule has 19 heavy (non-hydrogen) atoms. The molecule has 1 rings (SSSR count). The largest absolute Gasteiger partial charge is 0.316 e. The summed E-state index contributed by atoms with van der Waals surface area (Å²) in [5, 5.41) is 3.67. The Labute approximate surface area is 121 Å². The van der Waals surface area contributed by atoms with E-state index in [1.165, 1.54) is 0 Å². The fraction of sp³-hybridized carbons (Fsp3) is 0.625. The molecular formula is C16H25ClFN. The third-order valence-electron chi connectivity index (χ3n) is 3.53. The number of benzene rings is 1. The van der Waals surface area contributed by atoms with Crippen molar-refractivity contribution in [3.8, 4) is 0 Å². The van der Waals surface area contributed by atoms with Crippen molar-refractivity contribution >= 4 is 11.6 Å². The van der Waals surface area contributed by atoms with Gasteiger partial charge in [0.25, 0.3) is 0 Å². The summed E-state index contributed by atoms with van der Waals surface area (Å²) in [7, 11) is 0. The molecule has 2 unspecified atom stereocenters. The molecular weight excluding hydrogens is 261 g/mol. The average Bonchev–Trinajstić information content (AvgIpc) is 2.33. The number of hydrogen-bond donors (Lipinski definition) is 1. The third kappa shape index (κ3) is 5.92. The first-order valence-corrected chi connectivity index (χ1v) is 7.42. The van der Waals surface area contributed by atoms with E-state index in [2.05, 4.69) is 33.0 Å². The summed E-state index contributed by atoms with van der Waals surface area (Å²) < 4.78 is 13.4. The minimum atomic E-state index is -0.322. The topological polar surface area (TPSA) is 12.0 Å². The van der Waals surface area contributed by atoms with E-state index >= 15 is 0 Å². The Hall–Kier alpha value is -0.600. The highest BCUT2D eigenvalue weighted by molar-refractivity contribution is 6.30. The van der Waals surface area contributed by atoms with E-state index in [0.717, 1.165) is 25.1 Å². The van der Waals surface area contributed by atoms with Crippen LogP contribution in [0.3, 0.4) is 0 Å². The van der Waals surface area contributed by atoms with Crippen molar-refractivity contribution in [2.24, 2.45) is 17.8 Å². The molecule has 2 atom stereocenters. The van der Waals surface area contributed by atoms with Gasteiger partial charge in [0.15, 0.2) is 0 Å². The lowest BCUT2D eigenvalue weighted by Crippen LogP contribution is -2.28. The Bertz CT molecular complexity index is 392. The van der Waals surface area contributed by atoms with Gasteiger partial charge in [0.1, 0.15) is 5.82 Å². The minimum Gasteiger partial charge on any atom is -0.316 e. The molecule has 0 aliphatic rings. The van der Waals surface area contributed by atoms with Gasteiger partial charge in [-0.3, -0.25) is 0 Å². The Morgan fingerprint density at radius 3 is 2.37 bits per heavy atom. The first-order chi connectivity index (χ1) is 8.90. The number of nitrogens with one attached hydrogen (secondary N) is 1. The lowest BCUT2D eigenvalue weighted by molar-refractivity contribution is 0.357. The molecule has 0 saturated carbocycles. The molecule has 0 radical (unpaired) electrons. The summed E-state index contributed by atoms with van der Waals surface area (Å²) in [6, 6.07) is 5.10. The van der Waals surface area contributed by atoms with Gasteiger partial charge >= 0.3 is 0 Å². The van der Waals surface area contributed by atoms with Crippen LogP contribution in [0.5, 0.6) is 0 Å². The van der Waals surface area contributed by atoms with E-state index in [0.29, 0.717) is 17.8 Å². The standard InChI is InChI=1S/C16H25ClFN/c1-11(2)9-19-10-13(4)12(3)7-14-5-6-15(17)16(18)8-14/h5-6,8,11-13,19H,7,9-10H2,1-4H3. The van der Waals surface area contributed by atoms with Crippen LogP contribution in [0.1, 0.15) is 33.3 Å². The molecule has 0 aliphatic heterocycles. The summed E-state index contributed by atoms with van der Waals surface area (Å²) in [5.74, 6) is 1.43. The Morgan fingerprint density at radius 1 is 1.11 bits per heavy atom. The molecule has 0 amide bonds. The number of rotatable bonds is 7. The van der Waals surface area contributed by atoms with Crippen LogP contribution in [0.25, 0.3) is 0 Å². The highest BCUT2D eigenvalue weighted by Gasteiger charge is 2.13. The maximum Gasteiger partial charge on any atom is 0.142 e. The van der Waals surface area contributed by atoms with Crippen molar-refractivity contribution < 1.29 is 4.39 Å². The maximum atomic E-state index is 13.4. The third-order valence-corrected chi connectivity index (χ3v) is 3.84. The molecule has 108 valence electrons. The molecule has 1 aromatic rings. The van der Waals surface area contributed by atoms with Crippen LogP contribution in [-0.4, -0.2) is 13.1 Å². The van der Waals surface area contributed by atoms with E-state index in [1.54, 1.807) is 12.1 Å². The lowest BCUT2D eigenvalue weighted by atomic mass is 9.89. The normalized spacial score (nSPS) is 14.7. The summed E-state index contributed by atoms with van der Waals surface area (Å²) in [6.45, 7) is 10.9. The molecule has 0 fully saturated rings. The highest BCUT2D eigenvalue weighted by Crippen LogP contribution is 2.20. The average molecular weight is 286 g/mol. The smallest absolute Gasteiger partial charge is 0.142 e. The van der Waals surface area contributed by atoms with E-state index < -0.39 is 0 Å². The molecule has 0 bridgehead atoms.